The van der Waals surface area contributed by atoms with Crippen molar-refractivity contribution in [2.24, 2.45) is 4.99 Å². The molecule has 6 nitrogen and oxygen atoms in total. The largest absolute Gasteiger partial charge is 0.481 e. The zero-order valence-electron chi connectivity index (χ0n) is 9.80. The Labute approximate surface area is 99.3 Å². The molecule has 0 aliphatic carbocycles. The van der Waals surface area contributed by atoms with E-state index >= 15 is 0 Å². The minimum absolute atomic E-state index is 0.0299. The Kier molecular flexibility index (Phi) is 3.22. The molecule has 1 N–H and O–H groups in total. The van der Waals surface area contributed by atoms with Gasteiger partial charge >= 0.3 is 0 Å². The summed E-state index contributed by atoms with van der Waals surface area (Å²) in [6.45, 7) is 2.67. The van der Waals surface area contributed by atoms with Gasteiger partial charge in [0.1, 0.15) is 12.4 Å². The van der Waals surface area contributed by atoms with Crippen LogP contribution in [0.2, 0.25) is 0 Å². The fraction of sp³-hybridized carbons (Fsp3) is 0.364. The van der Waals surface area contributed by atoms with Crippen molar-refractivity contribution in [2.75, 3.05) is 20.2 Å². The number of ether oxygens (including phenoxy) is 1. The smallest absolute Gasteiger partial charge is 0.262 e. The average molecular weight is 234 g/mol. The Balaban J connectivity index is 2.19. The number of aliphatic imine (C=N–C) groups is 1. The first-order valence-electron chi connectivity index (χ1n) is 5.36. The molecule has 2 heterocycles. The number of carbonyl (C=O) groups excluding carboxylic acids is 1. The van der Waals surface area contributed by atoms with Gasteiger partial charge in [0.15, 0.2) is 0 Å². The quantitative estimate of drug-likeness (QED) is 0.811. The lowest BCUT2D eigenvalue weighted by molar-refractivity contribution is -0.131. The molecule has 0 saturated carbocycles. The van der Waals surface area contributed by atoms with Crippen molar-refractivity contribution in [2.45, 2.75) is 6.92 Å². The summed E-state index contributed by atoms with van der Waals surface area (Å²) >= 11 is 0. The summed E-state index contributed by atoms with van der Waals surface area (Å²) in [4.78, 5) is 19.7. The number of nitrogens with one attached hydrogen (secondary N) is 1. The van der Waals surface area contributed by atoms with Gasteiger partial charge in [0.2, 0.25) is 5.88 Å². The Morgan fingerprint density at radius 1 is 1.53 bits per heavy atom. The third-order valence-corrected chi connectivity index (χ3v) is 2.45. The van der Waals surface area contributed by atoms with E-state index in [0.29, 0.717) is 18.3 Å². The van der Waals surface area contributed by atoms with Gasteiger partial charge in [-0.3, -0.25) is 20.2 Å². The fourth-order valence-electron chi connectivity index (χ4n) is 1.51. The van der Waals surface area contributed by atoms with Crippen molar-refractivity contribution in [1.82, 2.24) is 15.4 Å². The molecule has 1 aliphatic rings. The third kappa shape index (κ3) is 2.35. The molecule has 0 fully saturated rings. The van der Waals surface area contributed by atoms with E-state index in [1.165, 1.54) is 5.01 Å². The van der Waals surface area contributed by atoms with Gasteiger partial charge < -0.3 is 4.74 Å². The summed E-state index contributed by atoms with van der Waals surface area (Å²) in [6, 6.07) is 3.60. The molecule has 2 rings (SSSR count). The van der Waals surface area contributed by atoms with Crippen LogP contribution in [0.25, 0.3) is 0 Å². The van der Waals surface area contributed by atoms with Gasteiger partial charge in [0.05, 0.1) is 7.11 Å². The maximum absolute atomic E-state index is 11.4. The summed E-state index contributed by atoms with van der Waals surface area (Å²) in [5.74, 6) is 1.17. The number of rotatable bonds is 3. The fourth-order valence-corrected chi connectivity index (χ4v) is 1.51. The number of likely N-dealkylation sites (N-methyl/N-ethyl adjacent to an activating group) is 1. The SMILES string of the molecule is CCN1NC(c2ccc(OC)nc2)=NCC1=O. The number of amides is 1. The number of pyridine rings is 1. The second-order valence-corrected chi connectivity index (χ2v) is 3.50. The number of hydrazine groups is 1. The van der Waals surface area contributed by atoms with Crippen LogP contribution in [0, 0.1) is 0 Å². The Bertz CT molecular complexity index is 441. The van der Waals surface area contributed by atoms with Crippen molar-refractivity contribution < 1.29 is 9.53 Å². The first-order valence-corrected chi connectivity index (χ1v) is 5.36. The van der Waals surface area contributed by atoms with E-state index in [0.717, 1.165) is 5.56 Å². The second kappa shape index (κ2) is 4.82. The van der Waals surface area contributed by atoms with Crippen LogP contribution in [-0.2, 0) is 4.79 Å². The van der Waals surface area contributed by atoms with Crippen molar-refractivity contribution in [3.8, 4) is 5.88 Å². The molecule has 0 unspecified atom stereocenters. The second-order valence-electron chi connectivity index (χ2n) is 3.50. The van der Waals surface area contributed by atoms with E-state index in [1.54, 1.807) is 19.4 Å². The zero-order chi connectivity index (χ0) is 12.3. The highest BCUT2D eigenvalue weighted by Crippen LogP contribution is 2.08. The number of hydrogen-bond donors (Lipinski definition) is 1. The lowest BCUT2D eigenvalue weighted by Crippen LogP contribution is -2.50. The van der Waals surface area contributed by atoms with Crippen molar-refractivity contribution >= 4 is 11.7 Å². The lowest BCUT2D eigenvalue weighted by atomic mass is 10.2. The van der Waals surface area contributed by atoms with Gasteiger partial charge in [-0.25, -0.2) is 4.98 Å². The van der Waals surface area contributed by atoms with E-state index in [2.05, 4.69) is 15.4 Å². The predicted molar refractivity (Wildman–Crippen MR) is 62.7 cm³/mol. The third-order valence-electron chi connectivity index (χ3n) is 2.45. The molecule has 6 heteroatoms. The summed E-state index contributed by atoms with van der Waals surface area (Å²) in [6.07, 6.45) is 1.66. The highest BCUT2D eigenvalue weighted by atomic mass is 16.5. The summed E-state index contributed by atoms with van der Waals surface area (Å²) in [5.41, 5.74) is 3.79. The lowest BCUT2D eigenvalue weighted by Gasteiger charge is -2.26. The van der Waals surface area contributed by atoms with Gasteiger partial charge in [-0.1, -0.05) is 0 Å². The molecular weight excluding hydrogens is 220 g/mol. The molecule has 1 aliphatic heterocycles. The van der Waals surface area contributed by atoms with Crippen LogP contribution in [-0.4, -0.2) is 41.9 Å². The molecule has 0 atom stereocenters. The van der Waals surface area contributed by atoms with Gasteiger partial charge in [-0.15, -0.1) is 0 Å². The molecule has 0 radical (unpaired) electrons. The molecule has 0 saturated heterocycles. The van der Waals surface area contributed by atoms with Crippen molar-refractivity contribution in [3.63, 3.8) is 0 Å². The van der Waals surface area contributed by atoms with Crippen molar-refractivity contribution in [1.29, 1.82) is 0 Å². The predicted octanol–water partition coefficient (Wildman–Crippen LogP) is 0.203. The standard InChI is InChI=1S/C11H14N4O2/c1-3-15-10(16)7-13-11(14-15)8-4-5-9(17-2)12-6-8/h4-6H,3,7H2,1-2H3,(H,13,14). The van der Waals surface area contributed by atoms with Crippen LogP contribution in [0.4, 0.5) is 0 Å². The van der Waals surface area contributed by atoms with Crippen LogP contribution in [0.3, 0.4) is 0 Å². The van der Waals surface area contributed by atoms with E-state index in [9.17, 15) is 4.79 Å². The average Bonchev–Trinajstić information content (AvgIpc) is 2.39. The minimum atomic E-state index is -0.0299. The molecule has 17 heavy (non-hydrogen) atoms. The maximum atomic E-state index is 11.4. The molecule has 1 aromatic rings. The van der Waals surface area contributed by atoms with E-state index in [4.69, 9.17) is 4.74 Å². The van der Waals surface area contributed by atoms with Crippen LogP contribution in [0.15, 0.2) is 23.3 Å². The number of carbonyl (C=O) groups is 1. The molecule has 0 bridgehead atoms. The van der Waals surface area contributed by atoms with E-state index in [1.807, 2.05) is 13.0 Å². The van der Waals surface area contributed by atoms with Crippen LogP contribution < -0.4 is 10.2 Å². The highest BCUT2D eigenvalue weighted by Gasteiger charge is 2.19. The molecule has 0 spiro atoms. The normalized spacial score (nSPS) is 15.3. The molecule has 90 valence electrons. The summed E-state index contributed by atoms with van der Waals surface area (Å²) in [7, 11) is 1.57. The van der Waals surface area contributed by atoms with Gasteiger partial charge in [-0.05, 0) is 13.0 Å². The van der Waals surface area contributed by atoms with Gasteiger partial charge in [0.25, 0.3) is 5.91 Å². The molecule has 0 aromatic carbocycles. The molecule has 1 amide bonds. The van der Waals surface area contributed by atoms with Crippen molar-refractivity contribution in [3.05, 3.63) is 23.9 Å². The Morgan fingerprint density at radius 3 is 2.94 bits per heavy atom. The van der Waals surface area contributed by atoms with Gasteiger partial charge in [0, 0.05) is 24.4 Å². The topological polar surface area (TPSA) is 66.8 Å². The van der Waals surface area contributed by atoms with Crippen LogP contribution in [0.5, 0.6) is 5.88 Å². The molecular formula is C11H14N4O2. The Hall–Kier alpha value is -2.11. The number of aromatic nitrogens is 1. The minimum Gasteiger partial charge on any atom is -0.481 e. The first kappa shape index (κ1) is 11.4. The Morgan fingerprint density at radius 2 is 2.35 bits per heavy atom. The number of nitrogens with zero attached hydrogens (tertiary/aromatic N) is 3. The summed E-state index contributed by atoms with van der Waals surface area (Å²) < 4.78 is 4.98. The van der Waals surface area contributed by atoms with Crippen LogP contribution in [0.1, 0.15) is 12.5 Å². The number of amidine groups is 1. The number of methoxy groups -OCH3 is 1. The molecule has 1 aromatic heterocycles. The maximum Gasteiger partial charge on any atom is 0.262 e. The summed E-state index contributed by atoms with van der Waals surface area (Å²) in [5, 5.41) is 1.53. The monoisotopic (exact) mass is 234 g/mol. The van der Waals surface area contributed by atoms with Crippen LogP contribution >= 0.6 is 0 Å². The van der Waals surface area contributed by atoms with E-state index < -0.39 is 0 Å². The highest BCUT2D eigenvalue weighted by molar-refractivity contribution is 6.02. The number of hydrogen-bond acceptors (Lipinski definition) is 5. The first-order chi connectivity index (χ1) is 8.24. The van der Waals surface area contributed by atoms with E-state index in [-0.39, 0.29) is 12.5 Å². The van der Waals surface area contributed by atoms with Gasteiger partial charge in [-0.2, -0.15) is 0 Å². The zero-order valence-corrected chi connectivity index (χ0v) is 9.80.